The summed E-state index contributed by atoms with van der Waals surface area (Å²) >= 11 is 0. The van der Waals surface area contributed by atoms with Crippen LogP contribution in [0.1, 0.15) is 24.4 Å². The van der Waals surface area contributed by atoms with E-state index < -0.39 is 6.04 Å². The number of hydrogen-bond donors (Lipinski definition) is 1. The van der Waals surface area contributed by atoms with Gasteiger partial charge in [0.05, 0.1) is 7.11 Å². The molecule has 15 heavy (non-hydrogen) atoms. The summed E-state index contributed by atoms with van der Waals surface area (Å²) in [5.41, 5.74) is 6.24. The van der Waals surface area contributed by atoms with E-state index in [-0.39, 0.29) is 5.82 Å². The normalized spacial score (nSPS) is 11.9. The molecule has 2 N–H and O–H groups in total. The summed E-state index contributed by atoms with van der Waals surface area (Å²) in [7, 11) is 1.49. The van der Waals surface area contributed by atoms with Gasteiger partial charge in [0, 0.05) is 18.0 Å². The molecular weight excluding hydrogens is 193 g/mol. The van der Waals surface area contributed by atoms with Crippen LogP contribution in [0.5, 0.6) is 5.75 Å². The average Bonchev–Trinajstić information content (AvgIpc) is 2.25. The van der Waals surface area contributed by atoms with Gasteiger partial charge in [0.1, 0.15) is 11.6 Å². The summed E-state index contributed by atoms with van der Waals surface area (Å²) in [6.45, 7) is 0. The van der Waals surface area contributed by atoms with Crippen molar-refractivity contribution in [2.45, 2.75) is 18.9 Å². The van der Waals surface area contributed by atoms with E-state index >= 15 is 0 Å². The predicted octanol–water partition coefficient (Wildman–Crippen LogP) is 2.25. The number of rotatable bonds is 4. The van der Waals surface area contributed by atoms with Crippen molar-refractivity contribution in [3.63, 3.8) is 0 Å². The molecule has 0 saturated heterocycles. The van der Waals surface area contributed by atoms with E-state index in [1.807, 2.05) is 0 Å². The fourth-order valence-electron chi connectivity index (χ4n) is 1.44. The molecule has 1 unspecified atom stereocenters. The largest absolute Gasteiger partial charge is 0.496 e. The molecule has 0 fully saturated rings. The molecule has 0 radical (unpaired) electrons. The molecule has 0 spiro atoms. The number of terminal acetylenes is 1. The van der Waals surface area contributed by atoms with E-state index in [0.29, 0.717) is 24.2 Å². The highest BCUT2D eigenvalue weighted by atomic mass is 19.1. The van der Waals surface area contributed by atoms with Crippen molar-refractivity contribution in [2.75, 3.05) is 7.11 Å². The topological polar surface area (TPSA) is 35.2 Å². The lowest BCUT2D eigenvalue weighted by molar-refractivity contribution is 0.397. The van der Waals surface area contributed by atoms with Gasteiger partial charge in [0.2, 0.25) is 0 Å². The first kappa shape index (κ1) is 11.5. The molecule has 0 aromatic heterocycles. The van der Waals surface area contributed by atoms with Crippen LogP contribution in [-0.4, -0.2) is 7.11 Å². The van der Waals surface area contributed by atoms with Gasteiger partial charge in [-0.25, -0.2) is 4.39 Å². The summed E-state index contributed by atoms with van der Waals surface area (Å²) in [4.78, 5) is 0. The lowest BCUT2D eigenvalue weighted by Crippen LogP contribution is -2.13. The molecule has 1 aromatic carbocycles. The number of methoxy groups -OCH3 is 1. The second-order valence-electron chi connectivity index (χ2n) is 3.21. The lowest BCUT2D eigenvalue weighted by Gasteiger charge is -2.15. The fraction of sp³-hybridized carbons (Fsp3) is 0.333. The zero-order valence-electron chi connectivity index (χ0n) is 8.66. The van der Waals surface area contributed by atoms with Crippen molar-refractivity contribution < 1.29 is 9.13 Å². The van der Waals surface area contributed by atoms with Gasteiger partial charge >= 0.3 is 0 Å². The number of halogens is 1. The van der Waals surface area contributed by atoms with Gasteiger partial charge in [-0.05, 0) is 18.6 Å². The standard InChI is InChI=1S/C12H14FNO/c1-3-4-7-10(14)12-9(13)6-5-8-11(12)15-2/h1,5-6,8,10H,4,7,14H2,2H3. The maximum Gasteiger partial charge on any atom is 0.131 e. The minimum Gasteiger partial charge on any atom is -0.496 e. The maximum absolute atomic E-state index is 13.5. The maximum atomic E-state index is 13.5. The first-order valence-corrected chi connectivity index (χ1v) is 4.72. The first-order valence-electron chi connectivity index (χ1n) is 4.72. The summed E-state index contributed by atoms with van der Waals surface area (Å²) in [6, 6.07) is 4.23. The van der Waals surface area contributed by atoms with Gasteiger partial charge in [-0.1, -0.05) is 6.07 Å². The van der Waals surface area contributed by atoms with E-state index in [9.17, 15) is 4.39 Å². The van der Waals surface area contributed by atoms with Crippen molar-refractivity contribution in [1.82, 2.24) is 0 Å². The minimum absolute atomic E-state index is 0.348. The predicted molar refractivity (Wildman–Crippen MR) is 57.9 cm³/mol. The van der Waals surface area contributed by atoms with Gasteiger partial charge < -0.3 is 10.5 Å². The molecule has 1 atom stereocenters. The van der Waals surface area contributed by atoms with E-state index in [2.05, 4.69) is 5.92 Å². The minimum atomic E-state index is -0.419. The fourth-order valence-corrected chi connectivity index (χ4v) is 1.44. The molecular formula is C12H14FNO. The van der Waals surface area contributed by atoms with Crippen molar-refractivity contribution in [2.24, 2.45) is 5.73 Å². The molecule has 0 bridgehead atoms. The Kier molecular flexibility index (Phi) is 4.14. The van der Waals surface area contributed by atoms with E-state index in [0.717, 1.165) is 0 Å². The van der Waals surface area contributed by atoms with Crippen LogP contribution >= 0.6 is 0 Å². The monoisotopic (exact) mass is 207 g/mol. The van der Waals surface area contributed by atoms with Crippen LogP contribution in [0.25, 0.3) is 0 Å². The van der Waals surface area contributed by atoms with Crippen LogP contribution in [0.15, 0.2) is 18.2 Å². The SMILES string of the molecule is C#CCCC(N)c1c(F)cccc1OC. The van der Waals surface area contributed by atoms with E-state index in [4.69, 9.17) is 16.9 Å². The van der Waals surface area contributed by atoms with Gasteiger partial charge in [-0.15, -0.1) is 12.3 Å². The summed E-state index contributed by atoms with van der Waals surface area (Å²) in [5, 5.41) is 0. The lowest BCUT2D eigenvalue weighted by atomic mass is 10.0. The van der Waals surface area contributed by atoms with Crippen molar-refractivity contribution in [3.05, 3.63) is 29.6 Å². The average molecular weight is 207 g/mol. The van der Waals surface area contributed by atoms with Crippen molar-refractivity contribution in [3.8, 4) is 18.1 Å². The van der Waals surface area contributed by atoms with Crippen LogP contribution in [0.4, 0.5) is 4.39 Å². The van der Waals surface area contributed by atoms with Crippen LogP contribution in [-0.2, 0) is 0 Å². The second kappa shape index (κ2) is 5.38. The Morgan fingerprint density at radius 2 is 2.33 bits per heavy atom. The Hall–Kier alpha value is -1.53. The molecule has 2 nitrogen and oxygen atoms in total. The zero-order chi connectivity index (χ0) is 11.3. The third-order valence-corrected chi connectivity index (χ3v) is 2.20. The molecule has 1 aromatic rings. The van der Waals surface area contributed by atoms with Gasteiger partial charge in [0.15, 0.2) is 0 Å². The molecule has 0 aliphatic carbocycles. The Morgan fingerprint density at radius 1 is 1.60 bits per heavy atom. The number of ether oxygens (including phenoxy) is 1. The summed E-state index contributed by atoms with van der Waals surface area (Å²) in [6.07, 6.45) is 6.21. The number of hydrogen-bond acceptors (Lipinski definition) is 2. The van der Waals surface area contributed by atoms with Crippen LogP contribution in [0.3, 0.4) is 0 Å². The molecule has 0 heterocycles. The smallest absolute Gasteiger partial charge is 0.131 e. The Labute approximate surface area is 89.2 Å². The Morgan fingerprint density at radius 3 is 2.93 bits per heavy atom. The van der Waals surface area contributed by atoms with Gasteiger partial charge in [0.25, 0.3) is 0 Å². The molecule has 0 amide bonds. The molecule has 0 aliphatic heterocycles. The third-order valence-electron chi connectivity index (χ3n) is 2.20. The van der Waals surface area contributed by atoms with Gasteiger partial charge in [-0.3, -0.25) is 0 Å². The second-order valence-corrected chi connectivity index (χ2v) is 3.21. The molecule has 3 heteroatoms. The zero-order valence-corrected chi connectivity index (χ0v) is 8.66. The summed E-state index contributed by atoms with van der Waals surface area (Å²) < 4.78 is 18.6. The molecule has 0 saturated carbocycles. The highest BCUT2D eigenvalue weighted by Crippen LogP contribution is 2.28. The Balaban J connectivity index is 2.96. The molecule has 1 rings (SSSR count). The van der Waals surface area contributed by atoms with Crippen LogP contribution in [0.2, 0.25) is 0 Å². The number of benzene rings is 1. The van der Waals surface area contributed by atoms with Crippen molar-refractivity contribution in [1.29, 1.82) is 0 Å². The first-order chi connectivity index (χ1) is 7.20. The molecule has 0 aliphatic rings. The van der Waals surface area contributed by atoms with Crippen LogP contribution in [0, 0.1) is 18.2 Å². The van der Waals surface area contributed by atoms with E-state index in [1.165, 1.54) is 13.2 Å². The highest BCUT2D eigenvalue weighted by Gasteiger charge is 2.15. The third kappa shape index (κ3) is 2.71. The van der Waals surface area contributed by atoms with E-state index in [1.54, 1.807) is 12.1 Å². The van der Waals surface area contributed by atoms with Crippen LogP contribution < -0.4 is 10.5 Å². The highest BCUT2D eigenvalue weighted by molar-refractivity contribution is 5.37. The van der Waals surface area contributed by atoms with Gasteiger partial charge in [-0.2, -0.15) is 0 Å². The quantitative estimate of drug-likeness (QED) is 0.768. The Bertz CT molecular complexity index is 370. The molecule has 80 valence electrons. The summed E-state index contributed by atoms with van der Waals surface area (Å²) in [5.74, 6) is 2.61. The van der Waals surface area contributed by atoms with Crippen molar-refractivity contribution >= 4 is 0 Å². The number of nitrogens with two attached hydrogens (primary N) is 1.